The zero-order chi connectivity index (χ0) is 24.9. The van der Waals surface area contributed by atoms with Gasteiger partial charge < -0.3 is 20.3 Å². The smallest absolute Gasteiger partial charge is 0.411 e. The lowest BCUT2D eigenvalue weighted by Gasteiger charge is -2.15. The van der Waals surface area contributed by atoms with E-state index in [1.54, 1.807) is 0 Å². The monoisotopic (exact) mass is 478 g/mol. The van der Waals surface area contributed by atoms with Crippen LogP contribution in [0.2, 0.25) is 0 Å². The van der Waals surface area contributed by atoms with Crippen LogP contribution in [-0.2, 0) is 9.53 Å². The van der Waals surface area contributed by atoms with Crippen LogP contribution in [0.15, 0.2) is 66.7 Å². The molecule has 1 aliphatic rings. The predicted octanol–water partition coefficient (Wildman–Crippen LogP) is 3.75. The number of carboxylic acid groups (broad SMARTS) is 1. The van der Waals surface area contributed by atoms with E-state index in [1.807, 2.05) is 48.5 Å². The van der Waals surface area contributed by atoms with Gasteiger partial charge in [0.15, 0.2) is 0 Å². The number of amides is 2. The molecule has 0 bridgehead atoms. The maximum absolute atomic E-state index is 14.5. The minimum absolute atomic E-state index is 0.0527. The molecule has 0 fully saturated rings. The van der Waals surface area contributed by atoms with Crippen molar-refractivity contribution in [2.24, 2.45) is 0 Å². The molecular weight excluding hydrogens is 455 g/mol. The number of hydrogen-bond donors (Lipinski definition) is 4. The van der Waals surface area contributed by atoms with Crippen molar-refractivity contribution >= 4 is 23.7 Å². The number of rotatable bonds is 8. The molecule has 0 radical (unpaired) electrons. The Morgan fingerprint density at radius 3 is 2.20 bits per heavy atom. The van der Waals surface area contributed by atoms with E-state index in [2.05, 4.69) is 10.6 Å². The molecule has 35 heavy (non-hydrogen) atoms. The average molecular weight is 478 g/mol. The Balaban J connectivity index is 1.35. The molecule has 0 aliphatic heterocycles. The molecule has 1 atom stereocenters. The Labute approximate surface area is 200 Å². The second-order valence-corrected chi connectivity index (χ2v) is 8.11. The van der Waals surface area contributed by atoms with Crippen molar-refractivity contribution < 1.29 is 33.7 Å². The van der Waals surface area contributed by atoms with Crippen LogP contribution in [0.4, 0.5) is 14.9 Å². The number of hydrogen-bond acceptors (Lipinski definition) is 5. The van der Waals surface area contributed by atoms with Gasteiger partial charge in [-0.05, 0) is 40.5 Å². The number of nitrogens with one attached hydrogen (secondary N) is 2. The first-order chi connectivity index (χ1) is 16.8. The van der Waals surface area contributed by atoms with Gasteiger partial charge in [-0.25, -0.2) is 9.18 Å². The van der Waals surface area contributed by atoms with Crippen LogP contribution in [0, 0.1) is 5.82 Å². The number of aliphatic carboxylic acids is 1. The second-order valence-electron chi connectivity index (χ2n) is 8.11. The van der Waals surface area contributed by atoms with E-state index in [9.17, 15) is 23.9 Å². The Morgan fingerprint density at radius 2 is 1.60 bits per heavy atom. The highest BCUT2D eigenvalue weighted by Gasteiger charge is 2.29. The van der Waals surface area contributed by atoms with Crippen molar-refractivity contribution in [2.45, 2.75) is 18.4 Å². The summed E-state index contributed by atoms with van der Waals surface area (Å²) >= 11 is 0. The van der Waals surface area contributed by atoms with Crippen molar-refractivity contribution in [1.29, 1.82) is 0 Å². The molecule has 8 nitrogen and oxygen atoms in total. The van der Waals surface area contributed by atoms with Crippen molar-refractivity contribution in [3.8, 4) is 11.1 Å². The van der Waals surface area contributed by atoms with Gasteiger partial charge in [-0.15, -0.1) is 0 Å². The molecule has 4 N–H and O–H groups in total. The Morgan fingerprint density at radius 1 is 0.971 bits per heavy atom. The third-order valence-electron chi connectivity index (χ3n) is 5.72. The molecule has 9 heteroatoms. The molecular formula is C26H23FN2O6. The highest BCUT2D eigenvalue weighted by atomic mass is 19.1. The number of fused-ring (bicyclic) bond motifs is 3. The third-order valence-corrected chi connectivity index (χ3v) is 5.72. The number of carbonyl (C=O) groups excluding carboxylic acids is 2. The fourth-order valence-electron chi connectivity index (χ4n) is 4.09. The summed E-state index contributed by atoms with van der Waals surface area (Å²) in [5.74, 6) is -2.89. The summed E-state index contributed by atoms with van der Waals surface area (Å²) in [6.07, 6.45) is -2.63. The molecule has 1 aliphatic carbocycles. The first-order valence-electron chi connectivity index (χ1n) is 10.9. The zero-order valence-corrected chi connectivity index (χ0v) is 18.5. The number of carbonyl (C=O) groups is 3. The maximum Gasteiger partial charge on any atom is 0.411 e. The van der Waals surface area contributed by atoms with Gasteiger partial charge in [0.25, 0.3) is 5.91 Å². The van der Waals surface area contributed by atoms with Gasteiger partial charge in [0.1, 0.15) is 12.4 Å². The molecule has 3 aromatic carbocycles. The van der Waals surface area contributed by atoms with Crippen molar-refractivity contribution in [1.82, 2.24) is 5.32 Å². The number of ether oxygens (including phenoxy) is 1. The van der Waals surface area contributed by atoms with Gasteiger partial charge >= 0.3 is 12.1 Å². The van der Waals surface area contributed by atoms with E-state index in [0.717, 1.165) is 28.3 Å². The van der Waals surface area contributed by atoms with Gasteiger partial charge in [-0.1, -0.05) is 48.5 Å². The van der Waals surface area contributed by atoms with E-state index in [0.29, 0.717) is 0 Å². The number of carboxylic acids is 1. The SMILES string of the molecule is O=C(O)CC(O)CNC(=O)c1ccc(NC(=O)OCC2c3ccccc3-c3ccccc32)c(F)c1. The predicted molar refractivity (Wildman–Crippen MR) is 126 cm³/mol. The summed E-state index contributed by atoms with van der Waals surface area (Å²) in [5, 5.41) is 22.8. The maximum atomic E-state index is 14.5. The molecule has 1 unspecified atom stereocenters. The largest absolute Gasteiger partial charge is 0.481 e. The van der Waals surface area contributed by atoms with Crippen molar-refractivity contribution in [3.05, 3.63) is 89.2 Å². The quantitative estimate of drug-likeness (QED) is 0.391. The second kappa shape index (κ2) is 10.4. The van der Waals surface area contributed by atoms with Gasteiger partial charge in [-0.3, -0.25) is 14.9 Å². The summed E-state index contributed by atoms with van der Waals surface area (Å²) in [6.45, 7) is -0.229. The van der Waals surface area contributed by atoms with Crippen LogP contribution >= 0.6 is 0 Å². The fourth-order valence-corrected chi connectivity index (χ4v) is 4.09. The Bertz CT molecular complexity index is 1230. The Kier molecular flexibility index (Phi) is 7.07. The summed E-state index contributed by atoms with van der Waals surface area (Å²) in [4.78, 5) is 35.1. The van der Waals surface area contributed by atoms with Crippen LogP contribution in [0.25, 0.3) is 11.1 Å². The van der Waals surface area contributed by atoms with Gasteiger partial charge in [0, 0.05) is 18.0 Å². The fraction of sp³-hybridized carbons (Fsp3) is 0.192. The van der Waals surface area contributed by atoms with E-state index in [1.165, 1.54) is 12.1 Å². The number of halogens is 1. The highest BCUT2D eigenvalue weighted by Crippen LogP contribution is 2.44. The first kappa shape index (κ1) is 23.9. The van der Waals surface area contributed by atoms with E-state index in [4.69, 9.17) is 9.84 Å². The zero-order valence-electron chi connectivity index (χ0n) is 18.5. The van der Waals surface area contributed by atoms with Crippen LogP contribution in [-0.4, -0.2) is 47.4 Å². The molecule has 2 amide bonds. The summed E-state index contributed by atoms with van der Waals surface area (Å²) in [5.41, 5.74) is 4.07. The molecule has 180 valence electrons. The van der Waals surface area contributed by atoms with Gasteiger partial charge in [0.05, 0.1) is 18.2 Å². The van der Waals surface area contributed by atoms with Gasteiger partial charge in [0.2, 0.25) is 0 Å². The standard InChI is InChI=1S/C26H23FN2O6/c27-22-11-15(25(33)28-13-16(30)12-24(31)32)9-10-23(22)29-26(34)35-14-21-19-7-3-1-5-17(19)18-6-2-4-8-20(18)21/h1-11,16,21,30H,12-14H2,(H,28,33)(H,29,34)(H,31,32). The highest BCUT2D eigenvalue weighted by molar-refractivity contribution is 5.95. The average Bonchev–Trinajstić information content (AvgIpc) is 3.16. The number of aliphatic hydroxyl groups is 1. The number of benzene rings is 3. The van der Waals surface area contributed by atoms with Crippen LogP contribution in [0.1, 0.15) is 33.8 Å². The lowest BCUT2D eigenvalue weighted by molar-refractivity contribution is -0.139. The Hall–Kier alpha value is -4.24. The minimum Gasteiger partial charge on any atom is -0.481 e. The van der Waals surface area contributed by atoms with E-state index in [-0.39, 0.29) is 30.3 Å². The third kappa shape index (κ3) is 5.47. The molecule has 0 aromatic heterocycles. The normalized spacial score (nSPS) is 12.9. The summed E-state index contributed by atoms with van der Waals surface area (Å²) in [7, 11) is 0. The van der Waals surface area contributed by atoms with E-state index >= 15 is 0 Å². The minimum atomic E-state index is -1.27. The lowest BCUT2D eigenvalue weighted by atomic mass is 9.98. The molecule has 3 aromatic rings. The molecule has 4 rings (SSSR count). The van der Waals surface area contributed by atoms with Crippen LogP contribution in [0.5, 0.6) is 0 Å². The summed E-state index contributed by atoms with van der Waals surface area (Å²) in [6, 6.07) is 19.2. The van der Waals surface area contributed by atoms with Crippen LogP contribution in [0.3, 0.4) is 0 Å². The number of aliphatic hydroxyl groups excluding tert-OH is 1. The molecule has 0 saturated heterocycles. The van der Waals surface area contributed by atoms with Crippen molar-refractivity contribution in [2.75, 3.05) is 18.5 Å². The molecule has 0 heterocycles. The topological polar surface area (TPSA) is 125 Å². The lowest BCUT2D eigenvalue weighted by Crippen LogP contribution is -2.33. The molecule has 0 spiro atoms. The number of anilines is 1. The van der Waals surface area contributed by atoms with Gasteiger partial charge in [-0.2, -0.15) is 0 Å². The molecule has 0 saturated carbocycles. The first-order valence-corrected chi connectivity index (χ1v) is 10.9. The van der Waals surface area contributed by atoms with E-state index < -0.39 is 36.3 Å². The van der Waals surface area contributed by atoms with Crippen LogP contribution < -0.4 is 10.6 Å². The summed E-state index contributed by atoms with van der Waals surface area (Å²) < 4.78 is 19.9. The van der Waals surface area contributed by atoms with Crippen molar-refractivity contribution in [3.63, 3.8) is 0 Å².